The van der Waals surface area contributed by atoms with Crippen LogP contribution < -0.4 is 19.7 Å². The molecule has 3 rings (SSSR count). The van der Waals surface area contributed by atoms with Crippen LogP contribution >= 0.6 is 0 Å². The van der Waals surface area contributed by atoms with E-state index in [0.717, 1.165) is 11.3 Å². The summed E-state index contributed by atoms with van der Waals surface area (Å²) in [5.74, 6) is 1.26. The number of hydrogen-bond donors (Lipinski definition) is 1. The lowest BCUT2D eigenvalue weighted by Crippen LogP contribution is -2.21. The molecule has 29 heavy (non-hydrogen) atoms. The van der Waals surface area contributed by atoms with E-state index in [4.69, 9.17) is 9.47 Å². The number of ether oxygens (including phenoxy) is 2. The molecule has 0 radical (unpaired) electrons. The van der Waals surface area contributed by atoms with Gasteiger partial charge in [0.2, 0.25) is 5.95 Å². The Kier molecular flexibility index (Phi) is 6.29. The highest BCUT2D eigenvalue weighted by Gasteiger charge is 2.16. The van der Waals surface area contributed by atoms with Gasteiger partial charge in [0.05, 0.1) is 19.9 Å². The van der Waals surface area contributed by atoms with Gasteiger partial charge in [0.15, 0.2) is 0 Å². The van der Waals surface area contributed by atoms with Gasteiger partial charge in [-0.2, -0.15) is 0 Å². The summed E-state index contributed by atoms with van der Waals surface area (Å²) in [7, 11) is 3.11. The van der Waals surface area contributed by atoms with E-state index >= 15 is 0 Å². The molecule has 0 spiro atoms. The average Bonchev–Trinajstić information content (AvgIpc) is 2.75. The SMILES string of the molecule is CCN(c1cccc(C)c1)c1nccc(C(=O)Nc2ccc(OC)cc2OC)n1. The van der Waals surface area contributed by atoms with Gasteiger partial charge in [0.1, 0.15) is 17.2 Å². The molecule has 0 aliphatic rings. The van der Waals surface area contributed by atoms with Crippen LogP contribution in [0.15, 0.2) is 54.7 Å². The quantitative estimate of drug-likeness (QED) is 0.649. The highest BCUT2D eigenvalue weighted by molar-refractivity contribution is 6.03. The highest BCUT2D eigenvalue weighted by atomic mass is 16.5. The van der Waals surface area contributed by atoms with Gasteiger partial charge in [0, 0.05) is 24.5 Å². The van der Waals surface area contributed by atoms with Crippen molar-refractivity contribution in [2.45, 2.75) is 13.8 Å². The predicted octanol–water partition coefficient (Wildman–Crippen LogP) is 4.21. The minimum absolute atomic E-state index is 0.263. The number of carbonyl (C=O) groups excluding carboxylic acids is 1. The summed E-state index contributed by atoms with van der Waals surface area (Å²) in [6.07, 6.45) is 1.58. The second-order valence-corrected chi connectivity index (χ2v) is 6.35. The molecule has 0 atom stereocenters. The summed E-state index contributed by atoms with van der Waals surface area (Å²) in [6, 6.07) is 14.8. The normalized spacial score (nSPS) is 10.3. The van der Waals surface area contributed by atoms with E-state index in [1.807, 2.05) is 36.9 Å². The van der Waals surface area contributed by atoms with Gasteiger partial charge in [-0.05, 0) is 49.7 Å². The first-order valence-electron chi connectivity index (χ1n) is 9.26. The molecule has 150 valence electrons. The minimum atomic E-state index is -0.350. The third-order valence-electron chi connectivity index (χ3n) is 4.40. The zero-order valence-corrected chi connectivity index (χ0v) is 17.0. The maximum absolute atomic E-state index is 12.8. The molecule has 1 amide bonds. The molecular weight excluding hydrogens is 368 g/mol. The van der Waals surface area contributed by atoms with E-state index in [0.29, 0.717) is 29.7 Å². The van der Waals surface area contributed by atoms with Gasteiger partial charge in [-0.1, -0.05) is 12.1 Å². The standard InChI is InChI=1S/C22H24N4O3/c1-5-26(16-8-6-7-15(2)13-16)22-23-12-11-19(25-22)21(27)24-18-10-9-17(28-3)14-20(18)29-4/h6-14H,5H2,1-4H3,(H,24,27). The molecule has 0 aliphatic heterocycles. The number of hydrogen-bond acceptors (Lipinski definition) is 6. The van der Waals surface area contributed by atoms with Gasteiger partial charge in [-0.3, -0.25) is 4.79 Å². The number of methoxy groups -OCH3 is 2. The largest absolute Gasteiger partial charge is 0.497 e. The number of amides is 1. The van der Waals surface area contributed by atoms with E-state index in [9.17, 15) is 4.79 Å². The van der Waals surface area contributed by atoms with Gasteiger partial charge < -0.3 is 19.7 Å². The Labute approximate surface area is 170 Å². The lowest BCUT2D eigenvalue weighted by molar-refractivity contribution is 0.102. The van der Waals surface area contributed by atoms with Crippen molar-refractivity contribution < 1.29 is 14.3 Å². The van der Waals surface area contributed by atoms with Crippen molar-refractivity contribution in [3.63, 3.8) is 0 Å². The van der Waals surface area contributed by atoms with Crippen LogP contribution in [-0.2, 0) is 0 Å². The van der Waals surface area contributed by atoms with Gasteiger partial charge in [0.25, 0.3) is 5.91 Å². The Hall–Kier alpha value is -3.61. The third-order valence-corrected chi connectivity index (χ3v) is 4.40. The summed E-state index contributed by atoms with van der Waals surface area (Å²) in [5.41, 5.74) is 2.91. The maximum atomic E-state index is 12.8. The fourth-order valence-electron chi connectivity index (χ4n) is 2.93. The summed E-state index contributed by atoms with van der Waals surface area (Å²) >= 11 is 0. The first-order valence-corrected chi connectivity index (χ1v) is 9.26. The minimum Gasteiger partial charge on any atom is -0.497 e. The van der Waals surface area contributed by atoms with Crippen LogP contribution in [-0.4, -0.2) is 36.6 Å². The molecule has 0 aliphatic carbocycles. The number of aromatic nitrogens is 2. The Morgan fingerprint density at radius 1 is 1.10 bits per heavy atom. The molecule has 0 bridgehead atoms. The van der Waals surface area contributed by atoms with E-state index in [2.05, 4.69) is 21.4 Å². The molecule has 7 nitrogen and oxygen atoms in total. The molecule has 0 saturated heterocycles. The molecule has 1 N–H and O–H groups in total. The zero-order valence-electron chi connectivity index (χ0n) is 17.0. The number of anilines is 3. The summed E-state index contributed by atoms with van der Waals surface area (Å²) in [4.78, 5) is 23.6. The molecule has 1 aromatic heterocycles. The van der Waals surface area contributed by atoms with Crippen LogP contribution in [0.1, 0.15) is 23.0 Å². The predicted molar refractivity (Wildman–Crippen MR) is 113 cm³/mol. The Bertz CT molecular complexity index is 1010. The van der Waals surface area contributed by atoms with E-state index in [1.165, 1.54) is 7.11 Å². The summed E-state index contributed by atoms with van der Waals surface area (Å²) in [5, 5.41) is 2.83. The topological polar surface area (TPSA) is 76.6 Å². The van der Waals surface area contributed by atoms with Crippen LogP contribution in [0.5, 0.6) is 11.5 Å². The number of nitrogens with zero attached hydrogens (tertiary/aromatic N) is 3. The number of aryl methyl sites for hydroxylation is 1. The zero-order chi connectivity index (χ0) is 20.8. The molecule has 1 heterocycles. The molecular formula is C22H24N4O3. The number of carbonyl (C=O) groups is 1. The van der Waals surface area contributed by atoms with Crippen LogP contribution in [0, 0.1) is 6.92 Å². The molecule has 0 unspecified atom stereocenters. The monoisotopic (exact) mass is 392 g/mol. The second kappa shape index (κ2) is 9.05. The summed E-state index contributed by atoms with van der Waals surface area (Å²) < 4.78 is 10.5. The van der Waals surface area contributed by atoms with Crippen LogP contribution in [0.2, 0.25) is 0 Å². The molecule has 3 aromatic rings. The third kappa shape index (κ3) is 4.63. The summed E-state index contributed by atoms with van der Waals surface area (Å²) in [6.45, 7) is 4.71. The molecule has 7 heteroatoms. The van der Waals surface area contributed by atoms with Crippen molar-refractivity contribution in [2.24, 2.45) is 0 Å². The van der Waals surface area contributed by atoms with Crippen molar-refractivity contribution in [3.05, 3.63) is 66.0 Å². The Morgan fingerprint density at radius 2 is 1.93 bits per heavy atom. The fourth-order valence-corrected chi connectivity index (χ4v) is 2.93. The fraction of sp³-hybridized carbons (Fsp3) is 0.227. The lowest BCUT2D eigenvalue weighted by Gasteiger charge is -2.21. The van der Waals surface area contributed by atoms with Crippen molar-refractivity contribution in [1.82, 2.24) is 9.97 Å². The highest BCUT2D eigenvalue weighted by Crippen LogP contribution is 2.29. The van der Waals surface area contributed by atoms with Crippen molar-refractivity contribution in [2.75, 3.05) is 31.0 Å². The lowest BCUT2D eigenvalue weighted by atomic mass is 10.2. The van der Waals surface area contributed by atoms with Crippen LogP contribution in [0.25, 0.3) is 0 Å². The molecule has 0 fully saturated rings. The van der Waals surface area contributed by atoms with Crippen molar-refractivity contribution in [3.8, 4) is 11.5 Å². The Morgan fingerprint density at radius 3 is 2.62 bits per heavy atom. The molecule has 0 saturated carbocycles. The van der Waals surface area contributed by atoms with E-state index in [-0.39, 0.29) is 11.6 Å². The van der Waals surface area contributed by atoms with Crippen molar-refractivity contribution in [1.29, 1.82) is 0 Å². The average molecular weight is 392 g/mol. The van der Waals surface area contributed by atoms with Gasteiger partial charge in [-0.25, -0.2) is 9.97 Å². The molecule has 2 aromatic carbocycles. The van der Waals surface area contributed by atoms with Gasteiger partial charge >= 0.3 is 0 Å². The Balaban J connectivity index is 1.86. The first-order chi connectivity index (χ1) is 14.0. The van der Waals surface area contributed by atoms with Crippen molar-refractivity contribution >= 4 is 23.2 Å². The van der Waals surface area contributed by atoms with Crippen LogP contribution in [0.4, 0.5) is 17.3 Å². The number of benzene rings is 2. The van der Waals surface area contributed by atoms with E-state index in [1.54, 1.807) is 37.6 Å². The smallest absolute Gasteiger partial charge is 0.274 e. The van der Waals surface area contributed by atoms with E-state index < -0.39 is 0 Å². The number of rotatable bonds is 7. The number of nitrogens with one attached hydrogen (secondary N) is 1. The maximum Gasteiger partial charge on any atom is 0.274 e. The van der Waals surface area contributed by atoms with Gasteiger partial charge in [-0.15, -0.1) is 0 Å². The van der Waals surface area contributed by atoms with Crippen LogP contribution in [0.3, 0.4) is 0 Å². The second-order valence-electron chi connectivity index (χ2n) is 6.35. The first kappa shape index (κ1) is 20.1.